The Kier molecular flexibility index (Phi) is 15.1. The fraction of sp³-hybridized carbons (Fsp3) is 0.795. The van der Waals surface area contributed by atoms with E-state index in [1.54, 1.807) is 7.11 Å². The number of hydrogen-bond acceptors (Lipinski definition) is 6. The zero-order chi connectivity index (χ0) is 36.1. The largest absolute Gasteiger partial charge is 0.497 e. The standard InChI is InChI=1S/C39H72O6Si2/c1-26(30(5)36(45-47(16,17)39(10,11)12)29(4)25-43-46(14,15)38(7,8)9)18-19-27(2)34(40)31(6)35-28(3)24-42-37(44-35)32-20-22-33(41-13)23-21-32/h18,20-23,27-31,34-37,40H,19,24-25H2,1-17H3/b26-18-/t27-,28-,29-,30-,31-,34+,35-,36-,37-/m1/s1. The number of hydrogen-bond donors (Lipinski definition) is 1. The second kappa shape index (κ2) is 16.8. The van der Waals surface area contributed by atoms with Crippen LogP contribution in [0.5, 0.6) is 5.75 Å². The molecule has 2 rings (SSSR count). The lowest BCUT2D eigenvalue weighted by Gasteiger charge is -2.44. The maximum atomic E-state index is 11.6. The monoisotopic (exact) mass is 692 g/mol. The van der Waals surface area contributed by atoms with Gasteiger partial charge in [-0.3, -0.25) is 0 Å². The lowest BCUT2D eigenvalue weighted by atomic mass is 9.82. The number of benzene rings is 1. The van der Waals surface area contributed by atoms with Crippen LogP contribution in [-0.4, -0.2) is 60.4 Å². The fourth-order valence-electron chi connectivity index (χ4n) is 5.78. The average molecular weight is 693 g/mol. The zero-order valence-corrected chi connectivity index (χ0v) is 35.2. The van der Waals surface area contributed by atoms with E-state index in [4.69, 9.17) is 23.1 Å². The first kappa shape index (κ1) is 42.2. The van der Waals surface area contributed by atoms with Crippen molar-refractivity contribution in [3.63, 3.8) is 0 Å². The molecular formula is C39H72O6Si2. The van der Waals surface area contributed by atoms with E-state index in [9.17, 15) is 5.11 Å². The molecule has 1 heterocycles. The topological polar surface area (TPSA) is 66.4 Å². The first-order chi connectivity index (χ1) is 21.4. The minimum atomic E-state index is -2.03. The number of allylic oxidation sites excluding steroid dienone is 1. The summed E-state index contributed by atoms with van der Waals surface area (Å²) in [4.78, 5) is 0. The van der Waals surface area contributed by atoms with Crippen LogP contribution in [0, 0.1) is 29.6 Å². The van der Waals surface area contributed by atoms with Crippen LogP contribution in [0.4, 0.5) is 0 Å². The summed E-state index contributed by atoms with van der Waals surface area (Å²) >= 11 is 0. The number of ether oxygens (including phenoxy) is 3. The summed E-state index contributed by atoms with van der Waals surface area (Å²) in [7, 11) is -2.25. The first-order valence-electron chi connectivity index (χ1n) is 18.0. The van der Waals surface area contributed by atoms with Gasteiger partial charge < -0.3 is 28.2 Å². The van der Waals surface area contributed by atoms with Crippen molar-refractivity contribution >= 4 is 16.6 Å². The van der Waals surface area contributed by atoms with Crippen molar-refractivity contribution < 1.29 is 28.2 Å². The highest BCUT2D eigenvalue weighted by Gasteiger charge is 2.43. The van der Waals surface area contributed by atoms with Crippen LogP contribution in [0.3, 0.4) is 0 Å². The van der Waals surface area contributed by atoms with Gasteiger partial charge in [0.2, 0.25) is 0 Å². The van der Waals surface area contributed by atoms with Gasteiger partial charge in [-0.25, -0.2) is 0 Å². The Balaban J connectivity index is 2.17. The summed E-state index contributed by atoms with van der Waals surface area (Å²) < 4.78 is 31.8. The van der Waals surface area contributed by atoms with Crippen LogP contribution in [0.25, 0.3) is 0 Å². The van der Waals surface area contributed by atoms with Crippen molar-refractivity contribution in [2.24, 2.45) is 29.6 Å². The van der Waals surface area contributed by atoms with E-state index < -0.39 is 29.0 Å². The van der Waals surface area contributed by atoms with Gasteiger partial charge in [-0.15, -0.1) is 0 Å². The average Bonchev–Trinajstić information content (AvgIpc) is 2.99. The molecule has 0 saturated carbocycles. The van der Waals surface area contributed by atoms with Crippen LogP contribution in [0.15, 0.2) is 35.9 Å². The summed E-state index contributed by atoms with van der Waals surface area (Å²) in [6, 6.07) is 7.82. The van der Waals surface area contributed by atoms with E-state index in [1.165, 1.54) is 5.57 Å². The lowest BCUT2D eigenvalue weighted by Crippen LogP contribution is -2.49. The maximum absolute atomic E-state index is 11.6. The van der Waals surface area contributed by atoms with Gasteiger partial charge >= 0.3 is 0 Å². The van der Waals surface area contributed by atoms with Gasteiger partial charge in [0.15, 0.2) is 22.9 Å². The minimum absolute atomic E-state index is 0.0436. The molecule has 1 aromatic carbocycles. The molecule has 1 N–H and O–H groups in total. The molecule has 0 amide bonds. The molecule has 0 aliphatic carbocycles. The molecule has 47 heavy (non-hydrogen) atoms. The van der Waals surface area contributed by atoms with Crippen LogP contribution >= 0.6 is 0 Å². The van der Waals surface area contributed by atoms with E-state index in [2.05, 4.69) is 115 Å². The maximum Gasteiger partial charge on any atom is 0.192 e. The van der Waals surface area contributed by atoms with Gasteiger partial charge in [-0.1, -0.05) is 99.9 Å². The molecule has 6 nitrogen and oxygen atoms in total. The second-order valence-corrected chi connectivity index (χ2v) is 27.3. The normalized spacial score (nSPS) is 24.3. The minimum Gasteiger partial charge on any atom is -0.497 e. The van der Waals surface area contributed by atoms with Crippen molar-refractivity contribution in [3.8, 4) is 5.75 Å². The molecule has 1 aliphatic heterocycles. The summed E-state index contributed by atoms with van der Waals surface area (Å²) in [5, 5.41) is 11.9. The Morgan fingerprint density at radius 1 is 0.936 bits per heavy atom. The molecule has 272 valence electrons. The molecule has 1 saturated heterocycles. The van der Waals surface area contributed by atoms with E-state index >= 15 is 0 Å². The molecule has 0 radical (unpaired) electrons. The molecule has 1 fully saturated rings. The van der Waals surface area contributed by atoms with Crippen molar-refractivity contribution in [2.75, 3.05) is 20.3 Å². The van der Waals surface area contributed by atoms with Gasteiger partial charge in [0.1, 0.15) is 5.75 Å². The Morgan fingerprint density at radius 2 is 1.49 bits per heavy atom. The Labute approximate surface area is 291 Å². The third-order valence-corrected chi connectivity index (χ3v) is 20.7. The fourth-order valence-corrected chi connectivity index (χ4v) is 8.36. The predicted octanol–water partition coefficient (Wildman–Crippen LogP) is 10.4. The summed E-state index contributed by atoms with van der Waals surface area (Å²) in [6.45, 7) is 37.8. The van der Waals surface area contributed by atoms with E-state index in [1.807, 2.05) is 24.3 Å². The smallest absolute Gasteiger partial charge is 0.192 e. The Bertz CT molecular complexity index is 1120. The van der Waals surface area contributed by atoms with Gasteiger partial charge in [0, 0.05) is 35.8 Å². The van der Waals surface area contributed by atoms with Crippen molar-refractivity contribution in [1.82, 2.24) is 0 Å². The predicted molar refractivity (Wildman–Crippen MR) is 202 cm³/mol. The molecule has 0 spiro atoms. The van der Waals surface area contributed by atoms with Gasteiger partial charge in [0.25, 0.3) is 0 Å². The summed E-state index contributed by atoms with van der Waals surface area (Å²) in [6.07, 6.45) is 2.12. The molecule has 0 unspecified atom stereocenters. The molecule has 0 bridgehead atoms. The van der Waals surface area contributed by atoms with E-state index in [0.29, 0.717) is 13.2 Å². The summed E-state index contributed by atoms with van der Waals surface area (Å²) in [5.74, 6) is 1.50. The van der Waals surface area contributed by atoms with Crippen LogP contribution in [-0.2, 0) is 18.3 Å². The molecule has 9 atom stereocenters. The molecule has 0 aromatic heterocycles. The highest BCUT2D eigenvalue weighted by atomic mass is 28.4. The lowest BCUT2D eigenvalue weighted by molar-refractivity contribution is -0.257. The zero-order valence-electron chi connectivity index (χ0n) is 33.2. The highest BCUT2D eigenvalue weighted by molar-refractivity contribution is 6.74. The first-order valence-corrected chi connectivity index (χ1v) is 23.8. The Morgan fingerprint density at radius 3 is 2.00 bits per heavy atom. The molecule has 8 heteroatoms. The molecule has 1 aromatic rings. The number of methoxy groups -OCH3 is 1. The van der Waals surface area contributed by atoms with Gasteiger partial charge in [-0.05, 0) is 67.7 Å². The van der Waals surface area contributed by atoms with Crippen molar-refractivity contribution in [2.45, 2.75) is 150 Å². The molecular weight excluding hydrogens is 621 g/mol. The summed E-state index contributed by atoms with van der Waals surface area (Å²) in [5.41, 5.74) is 2.28. The van der Waals surface area contributed by atoms with E-state index in [-0.39, 0.29) is 51.9 Å². The van der Waals surface area contributed by atoms with Crippen molar-refractivity contribution in [3.05, 3.63) is 41.5 Å². The quantitative estimate of drug-likeness (QED) is 0.146. The highest BCUT2D eigenvalue weighted by Crippen LogP contribution is 2.42. The number of aliphatic hydroxyl groups excluding tert-OH is 1. The number of rotatable bonds is 15. The Hall–Kier alpha value is -1.01. The number of aliphatic hydroxyl groups is 1. The van der Waals surface area contributed by atoms with Crippen molar-refractivity contribution in [1.29, 1.82) is 0 Å². The van der Waals surface area contributed by atoms with Crippen LogP contribution in [0.1, 0.15) is 101 Å². The second-order valence-electron chi connectivity index (χ2n) is 17.7. The SMILES string of the molecule is COc1ccc([C@@H]2OC[C@@H](C)[C@H]([C@H](C)[C@@H](O)[C@H](C)C/C=C(/C)[C@@H](C)[C@H](O[Si](C)(C)C(C)(C)C)[C@H](C)CO[Si](C)(C)C(C)(C)C)O2)cc1. The van der Waals surface area contributed by atoms with Gasteiger partial charge in [-0.2, -0.15) is 0 Å². The van der Waals surface area contributed by atoms with Crippen LogP contribution in [0.2, 0.25) is 36.3 Å². The van der Waals surface area contributed by atoms with Gasteiger partial charge in [0.05, 0.1) is 32.0 Å². The third-order valence-electron chi connectivity index (χ3n) is 11.7. The van der Waals surface area contributed by atoms with Crippen LogP contribution < -0.4 is 4.74 Å². The molecule has 1 aliphatic rings. The third kappa shape index (κ3) is 11.2. The van der Waals surface area contributed by atoms with E-state index in [0.717, 1.165) is 17.7 Å².